The average Bonchev–Trinajstić information content (AvgIpc) is 3.57. The van der Waals surface area contributed by atoms with Gasteiger partial charge in [0.15, 0.2) is 0 Å². The van der Waals surface area contributed by atoms with Gasteiger partial charge in [-0.2, -0.15) is 0 Å². The molecule has 8 nitrogen and oxygen atoms in total. The molecular weight excluding hydrogens is 675 g/mol. The van der Waals surface area contributed by atoms with Gasteiger partial charge in [0, 0.05) is 0 Å². The van der Waals surface area contributed by atoms with E-state index in [0.29, 0.717) is 17.3 Å². The minimum atomic E-state index is -2.96. The average molecular weight is 730 g/mol. The molecule has 0 aromatic carbocycles. The molecule has 0 N–H and O–H groups in total. The number of ether oxygens (including phenoxy) is 3. The summed E-state index contributed by atoms with van der Waals surface area (Å²) < 4.78 is 33.1. The minimum absolute atomic E-state index is 0.104. The van der Waals surface area contributed by atoms with Crippen LogP contribution in [0.15, 0.2) is 6.33 Å². The van der Waals surface area contributed by atoms with E-state index in [1.54, 1.807) is 6.33 Å². The maximum absolute atomic E-state index is 6.91. The summed E-state index contributed by atoms with van der Waals surface area (Å²) in [6.45, 7) is 22.6. The monoisotopic (exact) mass is 730 g/mol. The van der Waals surface area contributed by atoms with Gasteiger partial charge in [-0.1, -0.05) is 0 Å². The van der Waals surface area contributed by atoms with Gasteiger partial charge in [-0.3, -0.25) is 0 Å². The van der Waals surface area contributed by atoms with Crippen LogP contribution in [0.5, 0.6) is 0 Å². The van der Waals surface area contributed by atoms with E-state index in [-0.39, 0.29) is 23.4 Å². The predicted octanol–water partition coefficient (Wildman–Crippen LogP) is 7.98. The van der Waals surface area contributed by atoms with E-state index in [1.165, 1.54) is 51.8 Å². The molecule has 2 fully saturated rings. The molecule has 0 saturated carbocycles. The number of hydrogen-bond acceptors (Lipinski definition) is 7. The molecule has 42 heavy (non-hydrogen) atoms. The second-order valence-corrected chi connectivity index (χ2v) is 32.5. The summed E-state index contributed by atoms with van der Waals surface area (Å²) in [6.07, 6.45) is 7.79. The third kappa shape index (κ3) is 7.23. The van der Waals surface area contributed by atoms with Crippen LogP contribution in [0.2, 0.25) is 36.6 Å². The van der Waals surface area contributed by atoms with Crippen molar-refractivity contribution < 1.29 is 18.6 Å². The Morgan fingerprint density at radius 1 is 0.976 bits per heavy atom. The number of imidazole rings is 1. The Bertz CT molecular complexity index is 1180. The zero-order chi connectivity index (χ0) is 30.9. The predicted molar refractivity (Wildman–Crippen MR) is 176 cm³/mol. The van der Waals surface area contributed by atoms with E-state index in [4.69, 9.17) is 45.2 Å². The van der Waals surface area contributed by atoms with Crippen LogP contribution in [0, 0.1) is 0 Å². The Hall–Kier alpha value is -0.304. The molecule has 238 valence electrons. The first-order valence-corrected chi connectivity index (χ1v) is 27.0. The van der Waals surface area contributed by atoms with Crippen molar-refractivity contribution in [1.29, 1.82) is 0 Å². The van der Waals surface area contributed by atoms with Gasteiger partial charge in [0.05, 0.1) is 0 Å². The Balaban J connectivity index is 1.73. The van der Waals surface area contributed by atoms with Crippen LogP contribution in [0.3, 0.4) is 0 Å². The topological polar surface area (TPSA) is 80.5 Å². The molecule has 2 saturated heterocycles. The van der Waals surface area contributed by atoms with Gasteiger partial charge in [-0.15, -0.1) is 0 Å². The van der Waals surface area contributed by atoms with Gasteiger partial charge < -0.3 is 0 Å². The van der Waals surface area contributed by atoms with Crippen LogP contribution < -0.4 is 3.84 Å². The van der Waals surface area contributed by atoms with Crippen LogP contribution in [0.4, 0.5) is 0 Å². The maximum atomic E-state index is 6.91. The van der Waals surface area contributed by atoms with Crippen molar-refractivity contribution in [3.05, 3.63) is 11.5 Å². The zero-order valence-electron chi connectivity index (χ0n) is 27.8. The molecule has 4 rings (SSSR count). The standard InChI is InChI=1S/C19H28ClN4O4Si.3C4H9.Sn/c1-18(2,3)29(6,7)25-8-11-13-14(28-19(4,5)27-13)17(26-11)24-10-23-12-15(20)21-9-22-16(12)24;3*1-3-4-2;/h10-11,13-14,17H,8H2,1-7H3;3*1,3-4H2,2H3;/t11-,13-,14-,17-;;;;/m1..../s1. The fourth-order valence-electron chi connectivity index (χ4n) is 6.09. The van der Waals surface area contributed by atoms with Crippen LogP contribution in [0.1, 0.15) is 100 Å². The van der Waals surface area contributed by atoms with Gasteiger partial charge in [-0.05, 0) is 0 Å². The van der Waals surface area contributed by atoms with E-state index in [1.807, 2.05) is 18.4 Å². The Kier molecular flexibility index (Phi) is 11.2. The van der Waals surface area contributed by atoms with E-state index in [0.717, 1.165) is 9.49 Å². The van der Waals surface area contributed by atoms with Gasteiger partial charge >= 0.3 is 265 Å². The number of fused-ring (bicyclic) bond motifs is 2. The Morgan fingerprint density at radius 2 is 1.55 bits per heavy atom. The third-order valence-electron chi connectivity index (χ3n) is 9.69. The van der Waals surface area contributed by atoms with Gasteiger partial charge in [0.2, 0.25) is 0 Å². The number of unbranched alkanes of at least 4 members (excludes halogenated alkanes) is 3. The van der Waals surface area contributed by atoms with Crippen LogP contribution in [-0.4, -0.2) is 76.9 Å². The second kappa shape index (κ2) is 13.6. The summed E-state index contributed by atoms with van der Waals surface area (Å²) in [4.78, 5) is 15.1. The van der Waals surface area contributed by atoms with Crippen LogP contribution in [-0.2, 0) is 18.6 Å². The summed E-state index contributed by atoms with van der Waals surface area (Å²) in [6, 6.07) is 0. The first-order chi connectivity index (χ1) is 19.7. The van der Waals surface area contributed by atoms with Gasteiger partial charge in [0.25, 0.3) is 0 Å². The molecule has 4 atom stereocenters. The number of hydrogen-bond donors (Lipinski definition) is 0. The summed E-state index contributed by atoms with van der Waals surface area (Å²) in [7, 11) is -1.98. The van der Waals surface area contributed by atoms with Crippen LogP contribution >= 0.6 is 11.6 Å². The SMILES string of the molecule is CCC[CH2][Sn]([CH2]CCC)([CH2]CCC)[c]1nc(Cl)c2ncn([C@@H]3O[C@H](CO[Si](C)(C)C(C)(C)C)[C@H]4OC(C)(C)O[C@H]43)c2n1. The summed E-state index contributed by atoms with van der Waals surface area (Å²) in [5.41, 5.74) is 1.37. The molecule has 2 aliphatic rings. The molecule has 0 unspecified atom stereocenters. The first-order valence-electron chi connectivity index (χ1n) is 16.2. The molecular formula is C31H55ClN4O4SiSn. The van der Waals surface area contributed by atoms with E-state index in [9.17, 15) is 0 Å². The molecule has 4 heterocycles. The summed E-state index contributed by atoms with van der Waals surface area (Å²) in [5, 5.41) is 0.558. The third-order valence-corrected chi connectivity index (χ3v) is 29.0. The molecule has 0 amide bonds. The second-order valence-electron chi connectivity index (χ2n) is 14.5. The van der Waals surface area contributed by atoms with Crippen LogP contribution in [0.25, 0.3) is 11.2 Å². The number of aromatic nitrogens is 4. The van der Waals surface area contributed by atoms with Crippen molar-refractivity contribution in [1.82, 2.24) is 19.5 Å². The zero-order valence-corrected chi connectivity index (χ0v) is 32.4. The molecule has 0 aliphatic carbocycles. The number of halogens is 1. The Labute approximate surface area is 264 Å². The normalized spacial score (nSPS) is 24.5. The molecule has 0 bridgehead atoms. The molecule has 0 radical (unpaired) electrons. The van der Waals surface area contributed by atoms with Crippen molar-refractivity contribution in [2.75, 3.05) is 6.61 Å². The van der Waals surface area contributed by atoms with E-state index in [2.05, 4.69) is 54.6 Å². The number of rotatable bonds is 14. The fraction of sp³-hybridized carbons (Fsp3) is 0.839. The molecule has 2 aromatic heterocycles. The molecule has 2 aliphatic heterocycles. The van der Waals surface area contributed by atoms with E-state index >= 15 is 0 Å². The summed E-state index contributed by atoms with van der Waals surface area (Å²) >= 11 is 3.95. The fourth-order valence-corrected chi connectivity index (χ4v) is 22.4. The quantitative estimate of drug-likeness (QED) is 0.144. The van der Waals surface area contributed by atoms with Crippen molar-refractivity contribution in [3.63, 3.8) is 0 Å². The molecule has 2 aromatic rings. The first kappa shape index (κ1) is 34.6. The number of nitrogens with zero attached hydrogens (tertiary/aromatic N) is 4. The summed E-state index contributed by atoms with van der Waals surface area (Å²) in [5.74, 6) is -0.715. The van der Waals surface area contributed by atoms with Crippen molar-refractivity contribution in [2.24, 2.45) is 0 Å². The van der Waals surface area contributed by atoms with E-state index < -0.39 is 38.7 Å². The van der Waals surface area contributed by atoms with Crippen molar-refractivity contribution in [3.8, 4) is 0 Å². The van der Waals surface area contributed by atoms with Crippen molar-refractivity contribution in [2.45, 2.75) is 156 Å². The van der Waals surface area contributed by atoms with Crippen molar-refractivity contribution >= 4 is 53.3 Å². The van der Waals surface area contributed by atoms with Gasteiger partial charge in [-0.25, -0.2) is 0 Å². The Morgan fingerprint density at radius 3 is 2.10 bits per heavy atom. The molecule has 0 spiro atoms. The molecule has 11 heteroatoms. The van der Waals surface area contributed by atoms with Gasteiger partial charge in [0.1, 0.15) is 0 Å².